The second-order valence-corrected chi connectivity index (χ2v) is 6.63. The van der Waals surface area contributed by atoms with E-state index < -0.39 is 29.3 Å². The van der Waals surface area contributed by atoms with Crippen LogP contribution in [0.2, 0.25) is 0 Å². The number of carbonyl (C=O) groups is 3. The molecule has 8 heteroatoms. The molecule has 0 aromatic rings. The fourth-order valence-electron chi connectivity index (χ4n) is 1.41. The molecule has 1 fully saturated rings. The summed E-state index contributed by atoms with van der Waals surface area (Å²) in [5, 5.41) is 0. The standard InChI is InChI=1S/C16H22O8/c1-9(8-11(17)10(2)13-23-24-13)12(18)20-16(6,7)22-14(19)21-15(3,4)5/h8H,1-7H3/b9-8+. The third-order valence-corrected chi connectivity index (χ3v) is 2.57. The Morgan fingerprint density at radius 3 is 1.92 bits per heavy atom. The van der Waals surface area contributed by atoms with Gasteiger partial charge in [-0.25, -0.2) is 19.4 Å². The van der Waals surface area contributed by atoms with Crippen molar-refractivity contribution in [3.8, 4) is 0 Å². The lowest BCUT2D eigenvalue weighted by atomic mass is 10.1. The maximum absolute atomic E-state index is 12.0. The van der Waals surface area contributed by atoms with Gasteiger partial charge in [0.2, 0.25) is 0 Å². The summed E-state index contributed by atoms with van der Waals surface area (Å²) < 4.78 is 15.0. The molecule has 0 aromatic carbocycles. The van der Waals surface area contributed by atoms with Gasteiger partial charge in [-0.3, -0.25) is 4.79 Å². The van der Waals surface area contributed by atoms with Crippen molar-refractivity contribution in [2.24, 2.45) is 0 Å². The maximum atomic E-state index is 12.0. The lowest BCUT2D eigenvalue weighted by Crippen LogP contribution is -2.36. The molecule has 1 saturated heterocycles. The van der Waals surface area contributed by atoms with Crippen LogP contribution in [0.15, 0.2) is 23.2 Å². The molecule has 24 heavy (non-hydrogen) atoms. The fourth-order valence-corrected chi connectivity index (χ4v) is 1.41. The fraction of sp³-hybridized carbons (Fsp3) is 0.562. The molecule has 0 aliphatic carbocycles. The third-order valence-electron chi connectivity index (χ3n) is 2.57. The number of ketones is 1. The summed E-state index contributed by atoms with van der Waals surface area (Å²) in [5.74, 6) is -2.71. The molecule has 0 amide bonds. The van der Waals surface area contributed by atoms with Crippen LogP contribution in [0.4, 0.5) is 4.79 Å². The molecule has 8 nitrogen and oxygen atoms in total. The zero-order valence-electron chi connectivity index (χ0n) is 14.8. The second-order valence-electron chi connectivity index (χ2n) is 6.63. The van der Waals surface area contributed by atoms with Gasteiger partial charge >= 0.3 is 18.1 Å². The van der Waals surface area contributed by atoms with Crippen molar-refractivity contribution in [2.45, 2.75) is 59.9 Å². The van der Waals surface area contributed by atoms with Gasteiger partial charge < -0.3 is 14.2 Å². The molecule has 0 atom stereocenters. The molecule has 134 valence electrons. The average molecular weight is 342 g/mol. The van der Waals surface area contributed by atoms with Crippen molar-refractivity contribution < 1.29 is 38.4 Å². The Balaban J connectivity index is 2.65. The highest BCUT2D eigenvalue weighted by Crippen LogP contribution is 2.23. The first-order valence-corrected chi connectivity index (χ1v) is 7.24. The van der Waals surface area contributed by atoms with Gasteiger partial charge in [-0.15, -0.1) is 0 Å². The molecular formula is C16H22O8. The number of hydrogen-bond acceptors (Lipinski definition) is 8. The van der Waals surface area contributed by atoms with E-state index in [-0.39, 0.29) is 17.1 Å². The predicted molar refractivity (Wildman–Crippen MR) is 81.1 cm³/mol. The normalized spacial score (nSPS) is 14.1. The van der Waals surface area contributed by atoms with E-state index in [0.29, 0.717) is 0 Å². The van der Waals surface area contributed by atoms with E-state index in [0.717, 1.165) is 6.08 Å². The first kappa shape index (κ1) is 19.5. The number of allylic oxidation sites excluding steroid dienone is 2. The smallest absolute Gasteiger partial charge is 0.428 e. The number of hydrogen-bond donors (Lipinski definition) is 0. The molecule has 0 spiro atoms. The van der Waals surface area contributed by atoms with Crippen LogP contribution >= 0.6 is 0 Å². The van der Waals surface area contributed by atoms with Gasteiger partial charge in [-0.2, -0.15) is 0 Å². The number of esters is 1. The molecule has 0 unspecified atom stereocenters. The highest BCUT2D eigenvalue weighted by molar-refractivity contribution is 6.08. The van der Waals surface area contributed by atoms with E-state index in [4.69, 9.17) is 14.2 Å². The van der Waals surface area contributed by atoms with Crippen molar-refractivity contribution in [1.82, 2.24) is 0 Å². The largest absolute Gasteiger partial charge is 0.512 e. The Hall–Kier alpha value is -2.51. The third kappa shape index (κ3) is 6.72. The predicted octanol–water partition coefficient (Wildman–Crippen LogP) is 2.93. The first-order chi connectivity index (χ1) is 10.8. The number of rotatable bonds is 5. The zero-order valence-corrected chi connectivity index (χ0v) is 14.8. The van der Waals surface area contributed by atoms with Crippen LogP contribution in [0.3, 0.4) is 0 Å². The second kappa shape index (κ2) is 6.94. The van der Waals surface area contributed by atoms with Crippen LogP contribution in [0.25, 0.3) is 0 Å². The average Bonchev–Trinajstić information content (AvgIpc) is 3.17. The van der Waals surface area contributed by atoms with Gasteiger partial charge in [0.15, 0.2) is 5.78 Å². The Kier molecular flexibility index (Phi) is 5.65. The lowest BCUT2D eigenvalue weighted by molar-refractivity contribution is -0.199. The molecular weight excluding hydrogens is 320 g/mol. The Morgan fingerprint density at radius 1 is 0.917 bits per heavy atom. The van der Waals surface area contributed by atoms with E-state index in [9.17, 15) is 14.4 Å². The summed E-state index contributed by atoms with van der Waals surface area (Å²) in [4.78, 5) is 44.4. The van der Waals surface area contributed by atoms with Crippen molar-refractivity contribution in [1.29, 1.82) is 0 Å². The van der Waals surface area contributed by atoms with E-state index in [2.05, 4.69) is 9.78 Å². The minimum Gasteiger partial charge on any atom is -0.428 e. The van der Waals surface area contributed by atoms with E-state index in [1.807, 2.05) is 0 Å². The molecule has 1 aliphatic rings. The van der Waals surface area contributed by atoms with Gasteiger partial charge in [0.1, 0.15) is 5.60 Å². The minimum absolute atomic E-state index is 0.0291. The quantitative estimate of drug-likeness (QED) is 0.247. The van der Waals surface area contributed by atoms with Gasteiger partial charge in [0.25, 0.3) is 5.79 Å². The molecule has 0 N–H and O–H groups in total. The summed E-state index contributed by atoms with van der Waals surface area (Å²) in [6, 6.07) is 0. The molecule has 1 rings (SSSR count). The Bertz CT molecular complexity index is 598. The van der Waals surface area contributed by atoms with Crippen molar-refractivity contribution in [3.63, 3.8) is 0 Å². The molecule has 0 radical (unpaired) electrons. The number of ether oxygens (including phenoxy) is 3. The maximum Gasteiger partial charge on any atom is 0.512 e. The van der Waals surface area contributed by atoms with Crippen LogP contribution in [0, 0.1) is 0 Å². The van der Waals surface area contributed by atoms with Crippen LogP contribution in [0.1, 0.15) is 48.5 Å². The molecule has 1 aliphatic heterocycles. The van der Waals surface area contributed by atoms with Crippen LogP contribution in [-0.4, -0.2) is 29.3 Å². The van der Waals surface area contributed by atoms with Gasteiger partial charge in [-0.05, 0) is 40.7 Å². The molecule has 1 heterocycles. The molecule has 0 saturated carbocycles. The molecule has 0 aromatic heterocycles. The summed E-state index contributed by atoms with van der Waals surface area (Å²) in [6.07, 6.45) is 0.112. The van der Waals surface area contributed by atoms with E-state index in [1.165, 1.54) is 27.7 Å². The van der Waals surface area contributed by atoms with Gasteiger partial charge in [0, 0.05) is 19.4 Å². The topological polar surface area (TPSA) is 104 Å². The number of carbonyl (C=O) groups excluding carboxylic acids is 3. The highest BCUT2D eigenvalue weighted by atomic mass is 17.4. The SMILES string of the molecule is CC(C(=O)/C=C(\C)C(=O)OC(C)(C)OC(=O)OC(C)(C)C)=C1OO1. The highest BCUT2D eigenvalue weighted by Gasteiger charge is 2.31. The summed E-state index contributed by atoms with van der Waals surface area (Å²) >= 11 is 0. The van der Waals surface area contributed by atoms with Crippen molar-refractivity contribution >= 4 is 17.9 Å². The summed E-state index contributed by atoms with van der Waals surface area (Å²) in [7, 11) is 0. The lowest BCUT2D eigenvalue weighted by Gasteiger charge is -2.27. The zero-order chi connectivity index (χ0) is 18.7. The Morgan fingerprint density at radius 2 is 1.46 bits per heavy atom. The van der Waals surface area contributed by atoms with Crippen molar-refractivity contribution in [3.05, 3.63) is 23.2 Å². The van der Waals surface area contributed by atoms with E-state index in [1.54, 1.807) is 20.8 Å². The monoisotopic (exact) mass is 342 g/mol. The van der Waals surface area contributed by atoms with Gasteiger partial charge in [0.05, 0.1) is 5.57 Å². The van der Waals surface area contributed by atoms with Crippen LogP contribution in [-0.2, 0) is 33.6 Å². The van der Waals surface area contributed by atoms with E-state index >= 15 is 0 Å². The summed E-state index contributed by atoms with van der Waals surface area (Å²) in [6.45, 7) is 10.7. The van der Waals surface area contributed by atoms with Crippen LogP contribution < -0.4 is 0 Å². The van der Waals surface area contributed by atoms with Gasteiger partial charge in [-0.1, -0.05) is 0 Å². The van der Waals surface area contributed by atoms with Crippen LogP contribution in [0.5, 0.6) is 0 Å². The first-order valence-electron chi connectivity index (χ1n) is 7.24. The molecule has 0 bridgehead atoms. The minimum atomic E-state index is -1.56. The Labute approximate surface area is 140 Å². The van der Waals surface area contributed by atoms with Crippen molar-refractivity contribution in [2.75, 3.05) is 0 Å². The summed E-state index contributed by atoms with van der Waals surface area (Å²) in [5.41, 5.74) is -0.481.